The van der Waals surface area contributed by atoms with Crippen LogP contribution in [0, 0.1) is 6.92 Å². The van der Waals surface area contributed by atoms with E-state index in [1.165, 1.54) is 5.84 Å². The first-order valence-electron chi connectivity index (χ1n) is 5.89. The highest BCUT2D eigenvalue weighted by molar-refractivity contribution is 6.36. The third kappa shape index (κ3) is 1.84. The second-order valence-electron chi connectivity index (χ2n) is 4.74. The van der Waals surface area contributed by atoms with E-state index in [0.29, 0.717) is 5.92 Å². The van der Waals surface area contributed by atoms with Crippen molar-refractivity contribution in [2.24, 2.45) is 4.99 Å². The second-order valence-corrected chi connectivity index (χ2v) is 5.52. The van der Waals surface area contributed by atoms with Crippen LogP contribution in [-0.2, 0) is 0 Å². The molecule has 0 aromatic heterocycles. The maximum atomic E-state index is 6.39. The number of rotatable bonds is 1. The first-order valence-corrected chi connectivity index (χ1v) is 6.65. The minimum atomic E-state index is 0.397. The van der Waals surface area contributed by atoms with Crippen LogP contribution < -0.4 is 0 Å². The van der Waals surface area contributed by atoms with Crippen molar-refractivity contribution in [3.63, 3.8) is 0 Å². The van der Waals surface area contributed by atoms with Gasteiger partial charge in [0, 0.05) is 35.5 Å². The Morgan fingerprint density at radius 2 is 2.18 bits per heavy atom. The lowest BCUT2D eigenvalue weighted by Gasteiger charge is -2.16. The maximum Gasteiger partial charge on any atom is 0.0997 e. The number of hydrogen-bond donors (Lipinski definition) is 0. The van der Waals surface area contributed by atoms with E-state index in [4.69, 9.17) is 23.2 Å². The summed E-state index contributed by atoms with van der Waals surface area (Å²) in [6, 6.07) is 3.92. The molecule has 3 rings (SSSR count). The first-order chi connectivity index (χ1) is 8.16. The molecule has 1 aromatic rings. The topological polar surface area (TPSA) is 15.6 Å². The van der Waals surface area contributed by atoms with Crippen LogP contribution in [0.2, 0.25) is 10.0 Å². The van der Waals surface area contributed by atoms with E-state index in [1.54, 1.807) is 0 Å². The minimum absolute atomic E-state index is 0.397. The van der Waals surface area contributed by atoms with Crippen molar-refractivity contribution in [3.8, 4) is 0 Å². The van der Waals surface area contributed by atoms with Gasteiger partial charge in [0.1, 0.15) is 0 Å². The lowest BCUT2D eigenvalue weighted by Crippen LogP contribution is -2.21. The van der Waals surface area contributed by atoms with Gasteiger partial charge in [0.25, 0.3) is 0 Å². The molecule has 1 unspecified atom stereocenters. The number of fused-ring (bicyclic) bond motifs is 1. The van der Waals surface area contributed by atoms with Crippen LogP contribution in [0.5, 0.6) is 0 Å². The summed E-state index contributed by atoms with van der Waals surface area (Å²) >= 11 is 12.7. The zero-order chi connectivity index (χ0) is 12.0. The highest BCUT2D eigenvalue weighted by Crippen LogP contribution is 2.39. The van der Waals surface area contributed by atoms with E-state index in [1.807, 2.05) is 19.1 Å². The molecule has 0 spiro atoms. The quantitative estimate of drug-likeness (QED) is 0.761. The number of aliphatic imine (C=N–C) groups is 1. The summed E-state index contributed by atoms with van der Waals surface area (Å²) in [6.07, 6.45) is 0.975. The van der Waals surface area contributed by atoms with Gasteiger partial charge in [-0.15, -0.1) is 0 Å². The second kappa shape index (κ2) is 4.18. The number of benzene rings is 1. The summed E-state index contributed by atoms with van der Waals surface area (Å²) in [4.78, 5) is 6.86. The summed E-state index contributed by atoms with van der Waals surface area (Å²) in [5.74, 6) is 1.62. The van der Waals surface area contributed by atoms with Crippen molar-refractivity contribution in [3.05, 3.63) is 33.3 Å². The summed E-state index contributed by atoms with van der Waals surface area (Å²) in [6.45, 7) is 5.02. The molecule has 0 amide bonds. The zero-order valence-corrected chi connectivity index (χ0v) is 11.2. The van der Waals surface area contributed by atoms with E-state index in [-0.39, 0.29) is 0 Å². The fourth-order valence-electron chi connectivity index (χ4n) is 2.72. The lowest BCUT2D eigenvalue weighted by atomic mass is 9.96. The molecule has 0 aliphatic carbocycles. The molecule has 4 heteroatoms. The molecule has 0 radical (unpaired) electrons. The standard InChI is InChI=1S/C13H14Cl2N2/c1-8-2-3-10(14)12(13(8)15)9-6-11-16-4-5-17(11)7-9/h2-3,9H,4-7H2,1H3. The molecule has 0 saturated carbocycles. The summed E-state index contributed by atoms with van der Waals surface area (Å²) < 4.78 is 0. The molecule has 0 bridgehead atoms. The number of hydrogen-bond acceptors (Lipinski definition) is 2. The van der Waals surface area contributed by atoms with Gasteiger partial charge < -0.3 is 4.90 Å². The fourth-order valence-corrected chi connectivity index (χ4v) is 3.40. The summed E-state index contributed by atoms with van der Waals surface area (Å²) in [7, 11) is 0. The molecule has 1 aromatic carbocycles. The highest BCUT2D eigenvalue weighted by atomic mass is 35.5. The minimum Gasteiger partial charge on any atom is -0.358 e. The molecule has 1 fully saturated rings. The smallest absolute Gasteiger partial charge is 0.0997 e. The van der Waals surface area contributed by atoms with Crippen LogP contribution in [0.4, 0.5) is 0 Å². The third-order valence-electron chi connectivity index (χ3n) is 3.63. The molecule has 2 heterocycles. The van der Waals surface area contributed by atoms with Crippen molar-refractivity contribution in [1.82, 2.24) is 4.90 Å². The Labute approximate surface area is 111 Å². The average Bonchev–Trinajstić information content (AvgIpc) is 2.84. The van der Waals surface area contributed by atoms with Crippen LogP contribution in [0.3, 0.4) is 0 Å². The Hall–Kier alpha value is -0.730. The zero-order valence-electron chi connectivity index (χ0n) is 9.71. The van der Waals surface area contributed by atoms with Crippen molar-refractivity contribution in [1.29, 1.82) is 0 Å². The van der Waals surface area contributed by atoms with Crippen LogP contribution in [0.15, 0.2) is 17.1 Å². The number of amidine groups is 1. The number of nitrogens with zero attached hydrogens (tertiary/aromatic N) is 2. The monoisotopic (exact) mass is 268 g/mol. The van der Waals surface area contributed by atoms with Crippen LogP contribution in [0.25, 0.3) is 0 Å². The van der Waals surface area contributed by atoms with E-state index in [0.717, 1.165) is 47.2 Å². The Morgan fingerprint density at radius 3 is 2.94 bits per heavy atom. The average molecular weight is 269 g/mol. The van der Waals surface area contributed by atoms with Gasteiger partial charge in [-0.1, -0.05) is 29.3 Å². The molecular formula is C13H14Cl2N2. The van der Waals surface area contributed by atoms with Crippen LogP contribution in [-0.4, -0.2) is 30.4 Å². The van der Waals surface area contributed by atoms with E-state index < -0.39 is 0 Å². The van der Waals surface area contributed by atoms with Gasteiger partial charge in [0.2, 0.25) is 0 Å². The van der Waals surface area contributed by atoms with Gasteiger partial charge in [-0.05, 0) is 24.1 Å². The molecule has 90 valence electrons. The maximum absolute atomic E-state index is 6.39. The molecule has 2 aliphatic heterocycles. The van der Waals surface area contributed by atoms with Gasteiger partial charge in [0.15, 0.2) is 0 Å². The van der Waals surface area contributed by atoms with Gasteiger partial charge >= 0.3 is 0 Å². The van der Waals surface area contributed by atoms with Crippen molar-refractivity contribution in [2.75, 3.05) is 19.6 Å². The van der Waals surface area contributed by atoms with E-state index in [2.05, 4.69) is 9.89 Å². The largest absolute Gasteiger partial charge is 0.358 e. The molecule has 0 N–H and O–H groups in total. The third-order valence-corrected chi connectivity index (χ3v) is 4.46. The molecule has 1 saturated heterocycles. The first kappa shape index (κ1) is 11.4. The summed E-state index contributed by atoms with van der Waals surface area (Å²) in [5, 5.41) is 1.61. The van der Waals surface area contributed by atoms with Crippen molar-refractivity contribution < 1.29 is 0 Å². The van der Waals surface area contributed by atoms with Gasteiger partial charge in [-0.25, -0.2) is 0 Å². The van der Waals surface area contributed by atoms with Crippen molar-refractivity contribution >= 4 is 29.0 Å². The normalized spacial score (nSPS) is 22.9. The number of aryl methyl sites for hydroxylation is 1. The molecule has 2 aliphatic rings. The highest BCUT2D eigenvalue weighted by Gasteiger charge is 2.33. The molecule has 1 atom stereocenters. The van der Waals surface area contributed by atoms with Crippen LogP contribution in [0.1, 0.15) is 23.5 Å². The Kier molecular flexibility index (Phi) is 2.80. The van der Waals surface area contributed by atoms with Crippen molar-refractivity contribution in [2.45, 2.75) is 19.3 Å². The number of halogens is 2. The lowest BCUT2D eigenvalue weighted by molar-refractivity contribution is 0.469. The predicted octanol–water partition coefficient (Wildman–Crippen LogP) is 3.50. The molecular weight excluding hydrogens is 255 g/mol. The van der Waals surface area contributed by atoms with Gasteiger partial charge in [-0.3, -0.25) is 4.99 Å². The predicted molar refractivity (Wildman–Crippen MR) is 72.4 cm³/mol. The van der Waals surface area contributed by atoms with E-state index in [9.17, 15) is 0 Å². The Balaban J connectivity index is 1.98. The SMILES string of the molecule is Cc1ccc(Cl)c(C2CC3=NCCN3C2)c1Cl. The van der Waals surface area contributed by atoms with Gasteiger partial charge in [-0.2, -0.15) is 0 Å². The Morgan fingerprint density at radius 1 is 1.35 bits per heavy atom. The summed E-state index contributed by atoms with van der Waals surface area (Å²) in [5.41, 5.74) is 2.20. The Bertz CT molecular complexity index is 496. The van der Waals surface area contributed by atoms with Gasteiger partial charge in [0.05, 0.1) is 12.4 Å². The molecule has 2 nitrogen and oxygen atoms in total. The molecule has 17 heavy (non-hydrogen) atoms. The van der Waals surface area contributed by atoms with E-state index >= 15 is 0 Å². The fraction of sp³-hybridized carbons (Fsp3) is 0.462. The van der Waals surface area contributed by atoms with Crippen LogP contribution >= 0.6 is 23.2 Å².